The second-order valence-corrected chi connectivity index (χ2v) is 8.40. The van der Waals surface area contributed by atoms with Crippen LogP contribution in [-0.2, 0) is 0 Å². The quantitative estimate of drug-likeness (QED) is 0.361. The zero-order valence-corrected chi connectivity index (χ0v) is 18.5. The molecule has 0 bridgehead atoms. The van der Waals surface area contributed by atoms with E-state index in [1.54, 1.807) is 25.4 Å². The van der Waals surface area contributed by atoms with E-state index in [0.29, 0.717) is 17.5 Å². The van der Waals surface area contributed by atoms with E-state index in [4.69, 9.17) is 33.7 Å². The van der Waals surface area contributed by atoms with Gasteiger partial charge in [-0.2, -0.15) is 13.9 Å². The van der Waals surface area contributed by atoms with E-state index in [-0.39, 0.29) is 40.1 Å². The first-order valence-corrected chi connectivity index (χ1v) is 10.6. The molecule has 170 valence electrons. The van der Waals surface area contributed by atoms with Crippen molar-refractivity contribution in [3.8, 4) is 16.9 Å². The van der Waals surface area contributed by atoms with Crippen molar-refractivity contribution in [2.45, 2.75) is 38.0 Å². The molecule has 0 radical (unpaired) electrons. The van der Waals surface area contributed by atoms with Gasteiger partial charge in [-0.05, 0) is 31.5 Å². The summed E-state index contributed by atoms with van der Waals surface area (Å²) < 4.78 is 48.7. The molecule has 1 unspecified atom stereocenters. The van der Waals surface area contributed by atoms with Gasteiger partial charge in [-0.3, -0.25) is 10.00 Å². The van der Waals surface area contributed by atoms with Crippen LogP contribution in [0.2, 0.25) is 10.0 Å². The average Bonchev–Trinajstić information content (AvgIpc) is 3.22. The van der Waals surface area contributed by atoms with Crippen LogP contribution in [0, 0.1) is 5.82 Å². The Morgan fingerprint density at radius 1 is 1.28 bits per heavy atom. The zero-order valence-electron chi connectivity index (χ0n) is 17.0. The third-order valence-electron chi connectivity index (χ3n) is 5.33. The molecule has 2 atom stereocenters. The number of nitrogens with two attached hydrogens (primary N) is 1. The third kappa shape index (κ3) is 4.65. The summed E-state index contributed by atoms with van der Waals surface area (Å²) in [4.78, 5) is 4.16. The molecule has 1 fully saturated rings. The number of benzene rings is 1. The Morgan fingerprint density at radius 3 is 2.81 bits per heavy atom. The molecular formula is C21H20Cl2F3N5O. The van der Waals surface area contributed by atoms with Gasteiger partial charge in [0.05, 0.1) is 17.3 Å². The maximum atomic E-state index is 13.9. The van der Waals surface area contributed by atoms with Crippen LogP contribution in [0.25, 0.3) is 11.1 Å². The number of piperidine rings is 1. The van der Waals surface area contributed by atoms with E-state index in [1.165, 1.54) is 23.0 Å². The molecule has 0 spiro atoms. The van der Waals surface area contributed by atoms with Gasteiger partial charge in [0.25, 0.3) is 0 Å². The normalized spacial score (nSPS) is 19.0. The van der Waals surface area contributed by atoms with Crippen molar-refractivity contribution in [2.75, 3.05) is 12.3 Å². The van der Waals surface area contributed by atoms with Crippen molar-refractivity contribution < 1.29 is 17.9 Å². The first-order chi connectivity index (χ1) is 15.1. The number of pyridine rings is 1. The first kappa shape index (κ1) is 22.7. The number of nitrogens with one attached hydrogen (secondary N) is 1. The molecular weight excluding hydrogens is 466 g/mol. The standard InChI is InChI=1S/C21H20Cl2F3N5O/c1-11(18-15(22)2-3-16(24)19(18)23)32-17-6-12(8-28-20(17)27)13-9-30-31(10-13)14-4-5-29-21(25,26)7-14/h2-3,6,8-11,14,29H,4-5,7H2,1H3,(H2,27,28)/t11-,14?/m1/s1. The number of hydrogen-bond donors (Lipinski definition) is 2. The molecule has 6 nitrogen and oxygen atoms in total. The zero-order chi connectivity index (χ0) is 23.0. The lowest BCUT2D eigenvalue weighted by molar-refractivity contribution is -0.0729. The molecule has 0 amide bonds. The van der Waals surface area contributed by atoms with E-state index in [2.05, 4.69) is 15.4 Å². The molecule has 2 aromatic heterocycles. The number of ether oxygens (including phenoxy) is 1. The van der Waals surface area contributed by atoms with Crippen molar-refractivity contribution in [1.29, 1.82) is 0 Å². The number of rotatable bonds is 5. The minimum absolute atomic E-state index is 0.120. The molecule has 1 saturated heterocycles. The Labute approximate surface area is 192 Å². The van der Waals surface area contributed by atoms with E-state index >= 15 is 0 Å². The first-order valence-electron chi connectivity index (χ1n) is 9.87. The molecule has 0 aliphatic carbocycles. The average molecular weight is 486 g/mol. The Bertz CT molecular complexity index is 1140. The molecule has 3 N–H and O–H groups in total. The Hall–Kier alpha value is -2.49. The fraction of sp³-hybridized carbons (Fsp3) is 0.333. The maximum absolute atomic E-state index is 13.9. The molecule has 0 saturated carbocycles. The van der Waals surface area contributed by atoms with Crippen LogP contribution in [0.4, 0.5) is 19.0 Å². The van der Waals surface area contributed by atoms with Gasteiger partial charge in [0.15, 0.2) is 11.6 Å². The Kier molecular flexibility index (Phi) is 6.24. The highest BCUT2D eigenvalue weighted by Crippen LogP contribution is 2.37. The molecule has 1 aliphatic rings. The summed E-state index contributed by atoms with van der Waals surface area (Å²) in [6, 6.07) is 0.879. The summed E-state index contributed by atoms with van der Waals surface area (Å²) in [5.41, 5.74) is 7.55. The monoisotopic (exact) mass is 485 g/mol. The summed E-state index contributed by atoms with van der Waals surface area (Å²) in [6.07, 6.45) is 4.28. The number of alkyl halides is 2. The number of nitrogens with zero attached hydrogens (tertiary/aromatic N) is 3. The lowest BCUT2D eigenvalue weighted by atomic mass is 10.1. The number of aromatic nitrogens is 3. The van der Waals surface area contributed by atoms with E-state index in [1.807, 2.05) is 0 Å². The Balaban J connectivity index is 1.58. The lowest BCUT2D eigenvalue weighted by Gasteiger charge is -2.29. The number of halogens is 5. The van der Waals surface area contributed by atoms with Crippen LogP contribution < -0.4 is 15.8 Å². The molecule has 1 aliphatic heterocycles. The number of anilines is 1. The van der Waals surface area contributed by atoms with Crippen LogP contribution >= 0.6 is 23.2 Å². The minimum atomic E-state index is -2.92. The fourth-order valence-electron chi connectivity index (χ4n) is 3.68. The van der Waals surface area contributed by atoms with Crippen LogP contribution in [-0.4, -0.2) is 27.4 Å². The van der Waals surface area contributed by atoms with Crippen molar-refractivity contribution in [2.24, 2.45) is 0 Å². The summed E-state index contributed by atoms with van der Waals surface area (Å²) in [6.45, 7) is 1.87. The predicted octanol–water partition coefficient (Wildman–Crippen LogP) is 5.63. The van der Waals surface area contributed by atoms with Gasteiger partial charge in [0.1, 0.15) is 11.9 Å². The fourth-order valence-corrected chi connectivity index (χ4v) is 4.35. The van der Waals surface area contributed by atoms with E-state index < -0.39 is 24.0 Å². The van der Waals surface area contributed by atoms with E-state index in [9.17, 15) is 13.2 Å². The third-order valence-corrected chi connectivity index (χ3v) is 6.05. The SMILES string of the molecule is C[C@@H](Oc1cc(-c2cnn(C3CCNC(F)(F)C3)c2)cnc1N)c1c(Cl)ccc(F)c1Cl. The number of hydrogen-bond acceptors (Lipinski definition) is 5. The van der Waals surface area contributed by atoms with Crippen LogP contribution in [0.15, 0.2) is 36.8 Å². The summed E-state index contributed by atoms with van der Waals surface area (Å²) in [5.74, 6) is -0.251. The highest BCUT2D eigenvalue weighted by atomic mass is 35.5. The van der Waals surface area contributed by atoms with Gasteiger partial charge in [0, 0.05) is 47.1 Å². The second kappa shape index (κ2) is 8.80. The molecule has 11 heteroatoms. The topological polar surface area (TPSA) is 78.0 Å². The van der Waals surface area contributed by atoms with Gasteiger partial charge in [-0.25, -0.2) is 9.37 Å². The van der Waals surface area contributed by atoms with Gasteiger partial charge in [-0.1, -0.05) is 23.2 Å². The summed E-state index contributed by atoms with van der Waals surface area (Å²) in [7, 11) is 0. The summed E-state index contributed by atoms with van der Waals surface area (Å²) in [5, 5.41) is 6.57. The van der Waals surface area contributed by atoms with Crippen molar-refractivity contribution in [3.05, 3.63) is 58.2 Å². The van der Waals surface area contributed by atoms with Crippen molar-refractivity contribution in [3.63, 3.8) is 0 Å². The van der Waals surface area contributed by atoms with Gasteiger partial charge in [-0.15, -0.1) is 0 Å². The van der Waals surface area contributed by atoms with Crippen molar-refractivity contribution >= 4 is 29.0 Å². The molecule has 3 aromatic rings. The minimum Gasteiger partial charge on any atom is -0.482 e. The lowest BCUT2D eigenvalue weighted by Crippen LogP contribution is -2.44. The molecule has 1 aromatic carbocycles. The highest BCUT2D eigenvalue weighted by molar-refractivity contribution is 6.36. The van der Waals surface area contributed by atoms with Crippen LogP contribution in [0.3, 0.4) is 0 Å². The van der Waals surface area contributed by atoms with E-state index in [0.717, 1.165) is 0 Å². The smallest absolute Gasteiger partial charge is 0.304 e. The molecule has 4 rings (SSSR count). The predicted molar refractivity (Wildman–Crippen MR) is 117 cm³/mol. The largest absolute Gasteiger partial charge is 0.482 e. The van der Waals surface area contributed by atoms with Gasteiger partial charge >= 0.3 is 6.05 Å². The number of nitrogen functional groups attached to an aromatic ring is 1. The Morgan fingerprint density at radius 2 is 2.06 bits per heavy atom. The second-order valence-electron chi connectivity index (χ2n) is 7.61. The van der Waals surface area contributed by atoms with Gasteiger partial charge < -0.3 is 10.5 Å². The van der Waals surface area contributed by atoms with Crippen LogP contribution in [0.5, 0.6) is 5.75 Å². The summed E-state index contributed by atoms with van der Waals surface area (Å²) >= 11 is 12.2. The van der Waals surface area contributed by atoms with Crippen molar-refractivity contribution in [1.82, 2.24) is 20.1 Å². The van der Waals surface area contributed by atoms with Crippen LogP contribution in [0.1, 0.15) is 37.5 Å². The van der Waals surface area contributed by atoms with Gasteiger partial charge in [0.2, 0.25) is 0 Å². The molecule has 3 heterocycles. The molecule has 32 heavy (non-hydrogen) atoms. The maximum Gasteiger partial charge on any atom is 0.304 e. The highest BCUT2D eigenvalue weighted by Gasteiger charge is 2.37.